The van der Waals surface area contributed by atoms with Crippen LogP contribution in [0.3, 0.4) is 0 Å². The third kappa shape index (κ3) is 3.36. The van der Waals surface area contributed by atoms with Crippen LogP contribution in [-0.2, 0) is 4.79 Å². The summed E-state index contributed by atoms with van der Waals surface area (Å²) < 4.78 is 0. The molecule has 0 aliphatic heterocycles. The van der Waals surface area contributed by atoms with Crippen molar-refractivity contribution in [3.8, 4) is 0 Å². The fourth-order valence-corrected chi connectivity index (χ4v) is 1.79. The highest BCUT2D eigenvalue weighted by atomic mass is 16.3. The van der Waals surface area contributed by atoms with E-state index in [9.17, 15) is 4.79 Å². The lowest BCUT2D eigenvalue weighted by atomic mass is 10.0. The van der Waals surface area contributed by atoms with Gasteiger partial charge >= 0.3 is 0 Å². The lowest BCUT2D eigenvalue weighted by molar-refractivity contribution is -0.109. The van der Waals surface area contributed by atoms with Gasteiger partial charge in [-0.1, -0.05) is 60.7 Å². The summed E-state index contributed by atoms with van der Waals surface area (Å²) in [7, 11) is 0. The molecule has 96 valence electrons. The predicted octanol–water partition coefficient (Wildman–Crippen LogP) is 2.08. The van der Waals surface area contributed by atoms with Crippen molar-refractivity contribution in [2.45, 2.75) is 6.04 Å². The second-order valence-corrected chi connectivity index (χ2v) is 4.10. The van der Waals surface area contributed by atoms with Crippen LogP contribution < -0.4 is 0 Å². The summed E-state index contributed by atoms with van der Waals surface area (Å²) in [5.41, 5.74) is 2.57. The normalized spacial score (nSPS) is 11.6. The Morgan fingerprint density at radius 3 is 1.84 bits per heavy atom. The van der Waals surface area contributed by atoms with Crippen molar-refractivity contribution in [2.24, 2.45) is 4.99 Å². The summed E-state index contributed by atoms with van der Waals surface area (Å²) in [4.78, 5) is 15.2. The highest BCUT2D eigenvalue weighted by Crippen LogP contribution is 2.11. The number of nitrogens with zero attached hydrogens (tertiary/aromatic N) is 1. The molecule has 2 aromatic rings. The van der Waals surface area contributed by atoms with Gasteiger partial charge < -0.3 is 9.90 Å². The van der Waals surface area contributed by atoms with Gasteiger partial charge in [-0.15, -0.1) is 0 Å². The largest absolute Gasteiger partial charge is 0.394 e. The Labute approximate surface area is 112 Å². The maximum atomic E-state index is 10.9. The van der Waals surface area contributed by atoms with Crippen molar-refractivity contribution in [3.05, 3.63) is 71.8 Å². The molecule has 19 heavy (non-hydrogen) atoms. The minimum atomic E-state index is -0.726. The number of rotatable bonds is 5. The topological polar surface area (TPSA) is 49.7 Å². The van der Waals surface area contributed by atoms with Gasteiger partial charge in [-0.05, 0) is 0 Å². The second kappa shape index (κ2) is 6.61. The van der Waals surface area contributed by atoms with Gasteiger partial charge in [-0.3, -0.25) is 4.99 Å². The van der Waals surface area contributed by atoms with E-state index in [0.29, 0.717) is 12.0 Å². The lowest BCUT2D eigenvalue weighted by Crippen LogP contribution is -2.16. The lowest BCUT2D eigenvalue weighted by Gasteiger charge is -2.09. The number of hydrogen-bond acceptors (Lipinski definition) is 3. The molecule has 0 amide bonds. The molecule has 1 N–H and O–H groups in total. The number of benzene rings is 2. The Bertz CT molecular complexity index is 508. The minimum Gasteiger partial charge on any atom is -0.394 e. The van der Waals surface area contributed by atoms with E-state index in [-0.39, 0.29) is 6.61 Å². The molecule has 0 aliphatic carbocycles. The number of carbonyl (C=O) groups is 1. The molecular weight excluding hydrogens is 238 g/mol. The van der Waals surface area contributed by atoms with Crippen molar-refractivity contribution in [1.29, 1.82) is 0 Å². The van der Waals surface area contributed by atoms with E-state index in [0.717, 1.165) is 11.1 Å². The van der Waals surface area contributed by atoms with Crippen molar-refractivity contribution < 1.29 is 9.90 Å². The molecule has 0 saturated carbocycles. The van der Waals surface area contributed by atoms with Crippen LogP contribution in [0.25, 0.3) is 0 Å². The van der Waals surface area contributed by atoms with E-state index in [4.69, 9.17) is 5.11 Å². The monoisotopic (exact) mass is 253 g/mol. The SMILES string of the molecule is O=CC(CO)N=C(c1ccccc1)c1ccccc1. The van der Waals surface area contributed by atoms with Crippen molar-refractivity contribution in [2.75, 3.05) is 6.61 Å². The van der Waals surface area contributed by atoms with E-state index < -0.39 is 6.04 Å². The third-order valence-electron chi connectivity index (χ3n) is 2.73. The van der Waals surface area contributed by atoms with E-state index >= 15 is 0 Å². The van der Waals surface area contributed by atoms with E-state index in [2.05, 4.69) is 4.99 Å². The molecule has 0 aromatic heterocycles. The van der Waals surface area contributed by atoms with Gasteiger partial charge in [0.15, 0.2) is 0 Å². The maximum Gasteiger partial charge on any atom is 0.146 e. The van der Waals surface area contributed by atoms with E-state index in [1.165, 1.54) is 0 Å². The minimum absolute atomic E-state index is 0.285. The number of aliphatic hydroxyl groups is 1. The standard InChI is InChI=1S/C16H15NO2/c18-11-15(12-19)17-16(13-7-3-1-4-8-13)14-9-5-2-6-10-14/h1-11,15,19H,12H2. The summed E-state index contributed by atoms with van der Waals surface area (Å²) in [6.45, 7) is -0.285. The molecule has 1 atom stereocenters. The molecule has 2 rings (SSSR count). The molecule has 0 bridgehead atoms. The van der Waals surface area contributed by atoms with Crippen LogP contribution in [0.5, 0.6) is 0 Å². The molecule has 0 aliphatic rings. The molecule has 0 spiro atoms. The summed E-state index contributed by atoms with van der Waals surface area (Å²) in [5.74, 6) is 0. The Balaban J connectivity index is 2.48. The number of aldehydes is 1. The van der Waals surface area contributed by atoms with Crippen molar-refractivity contribution >= 4 is 12.0 Å². The molecule has 1 unspecified atom stereocenters. The van der Waals surface area contributed by atoms with Gasteiger partial charge in [0.1, 0.15) is 12.3 Å². The number of aliphatic imine (C=N–C) groups is 1. The molecule has 0 fully saturated rings. The molecule has 0 heterocycles. The Kier molecular flexibility index (Phi) is 4.59. The molecule has 0 saturated heterocycles. The van der Waals surface area contributed by atoms with Gasteiger partial charge in [0.05, 0.1) is 12.3 Å². The number of hydrogen-bond donors (Lipinski definition) is 1. The van der Waals surface area contributed by atoms with Crippen LogP contribution in [0.2, 0.25) is 0 Å². The Morgan fingerprint density at radius 1 is 1.00 bits per heavy atom. The Hall–Kier alpha value is -2.26. The molecule has 3 heteroatoms. The van der Waals surface area contributed by atoms with Crippen LogP contribution in [0.1, 0.15) is 11.1 Å². The number of aliphatic hydroxyl groups excluding tert-OH is 1. The van der Waals surface area contributed by atoms with Crippen LogP contribution in [0, 0.1) is 0 Å². The first-order valence-corrected chi connectivity index (χ1v) is 6.10. The molecule has 2 aromatic carbocycles. The zero-order chi connectivity index (χ0) is 13.5. The van der Waals surface area contributed by atoms with Crippen LogP contribution in [0.4, 0.5) is 0 Å². The molecule has 3 nitrogen and oxygen atoms in total. The molecule has 0 radical (unpaired) electrons. The van der Waals surface area contributed by atoms with Gasteiger partial charge in [0.2, 0.25) is 0 Å². The smallest absolute Gasteiger partial charge is 0.146 e. The molecular formula is C16H15NO2. The summed E-state index contributed by atoms with van der Waals surface area (Å²) in [6.07, 6.45) is 0.659. The van der Waals surface area contributed by atoms with Crippen LogP contribution in [-0.4, -0.2) is 29.8 Å². The highest BCUT2D eigenvalue weighted by Gasteiger charge is 2.10. The highest BCUT2D eigenvalue weighted by molar-refractivity contribution is 6.13. The third-order valence-corrected chi connectivity index (χ3v) is 2.73. The van der Waals surface area contributed by atoms with Crippen LogP contribution in [0.15, 0.2) is 65.7 Å². The summed E-state index contributed by atoms with van der Waals surface area (Å²) >= 11 is 0. The van der Waals surface area contributed by atoms with Gasteiger partial charge in [-0.2, -0.15) is 0 Å². The average Bonchev–Trinajstić information content (AvgIpc) is 2.50. The predicted molar refractivity (Wildman–Crippen MR) is 75.5 cm³/mol. The van der Waals surface area contributed by atoms with E-state index in [1.54, 1.807) is 0 Å². The first-order valence-electron chi connectivity index (χ1n) is 6.10. The quantitative estimate of drug-likeness (QED) is 0.655. The van der Waals surface area contributed by atoms with Gasteiger partial charge in [0.25, 0.3) is 0 Å². The second-order valence-electron chi connectivity index (χ2n) is 4.10. The van der Waals surface area contributed by atoms with E-state index in [1.807, 2.05) is 60.7 Å². The van der Waals surface area contributed by atoms with Gasteiger partial charge in [0, 0.05) is 11.1 Å². The Morgan fingerprint density at radius 2 is 1.47 bits per heavy atom. The summed E-state index contributed by atoms with van der Waals surface area (Å²) in [5, 5.41) is 9.13. The zero-order valence-corrected chi connectivity index (χ0v) is 10.4. The van der Waals surface area contributed by atoms with Crippen molar-refractivity contribution in [3.63, 3.8) is 0 Å². The maximum absolute atomic E-state index is 10.9. The zero-order valence-electron chi connectivity index (χ0n) is 10.4. The van der Waals surface area contributed by atoms with Gasteiger partial charge in [-0.25, -0.2) is 0 Å². The number of carbonyl (C=O) groups excluding carboxylic acids is 1. The fraction of sp³-hybridized carbons (Fsp3) is 0.125. The van der Waals surface area contributed by atoms with Crippen LogP contribution >= 0.6 is 0 Å². The summed E-state index contributed by atoms with van der Waals surface area (Å²) in [6, 6.07) is 18.5. The first-order chi connectivity index (χ1) is 9.35. The fourth-order valence-electron chi connectivity index (χ4n) is 1.79. The average molecular weight is 253 g/mol. The van der Waals surface area contributed by atoms with Crippen molar-refractivity contribution in [1.82, 2.24) is 0 Å². The first kappa shape index (κ1) is 13.2.